The van der Waals surface area contributed by atoms with Crippen molar-refractivity contribution in [3.63, 3.8) is 0 Å². The summed E-state index contributed by atoms with van der Waals surface area (Å²) >= 11 is 1.51. The molecule has 30 heavy (non-hydrogen) atoms. The van der Waals surface area contributed by atoms with E-state index in [-0.39, 0.29) is 24.5 Å². The van der Waals surface area contributed by atoms with E-state index in [0.29, 0.717) is 26.2 Å². The lowest BCUT2D eigenvalue weighted by molar-refractivity contribution is -0.147. The Balaban J connectivity index is 1.29. The Morgan fingerprint density at radius 2 is 1.83 bits per heavy atom. The van der Waals surface area contributed by atoms with E-state index in [4.69, 9.17) is 0 Å². The van der Waals surface area contributed by atoms with Gasteiger partial charge in [-0.2, -0.15) is 0 Å². The zero-order chi connectivity index (χ0) is 20.9. The molecule has 2 N–H and O–H groups in total. The molecule has 1 atom stereocenters. The largest absolute Gasteiger partial charge is 0.345 e. The average molecular weight is 428 g/mol. The van der Waals surface area contributed by atoms with Gasteiger partial charge in [-0.1, -0.05) is 30.3 Å². The van der Waals surface area contributed by atoms with E-state index in [0.717, 1.165) is 23.4 Å². The molecule has 2 fully saturated rings. The molecule has 8 nitrogen and oxygen atoms in total. The maximum absolute atomic E-state index is 12.7. The zero-order valence-electron chi connectivity index (χ0n) is 16.6. The van der Waals surface area contributed by atoms with Crippen molar-refractivity contribution in [3.8, 4) is 0 Å². The first-order valence-corrected chi connectivity index (χ1v) is 11.0. The first-order valence-electron chi connectivity index (χ1n) is 10.2. The number of benzene rings is 1. The Kier molecular flexibility index (Phi) is 6.39. The Morgan fingerprint density at radius 1 is 1.10 bits per heavy atom. The highest BCUT2D eigenvalue weighted by molar-refractivity contribution is 7.09. The molecule has 2 aliphatic rings. The number of nitrogens with zero attached hydrogens (tertiary/aromatic N) is 3. The van der Waals surface area contributed by atoms with Gasteiger partial charge in [-0.15, -0.1) is 11.3 Å². The van der Waals surface area contributed by atoms with Gasteiger partial charge >= 0.3 is 11.8 Å². The van der Waals surface area contributed by atoms with E-state index in [9.17, 15) is 14.4 Å². The number of rotatable bonds is 6. The van der Waals surface area contributed by atoms with Gasteiger partial charge in [-0.25, -0.2) is 4.98 Å². The number of carbonyl (C=O) groups excluding carboxylic acids is 3. The van der Waals surface area contributed by atoms with Crippen LogP contribution in [0.3, 0.4) is 0 Å². The third kappa shape index (κ3) is 5.22. The summed E-state index contributed by atoms with van der Waals surface area (Å²) < 4.78 is 0. The van der Waals surface area contributed by atoms with Crippen molar-refractivity contribution in [3.05, 3.63) is 52.5 Å². The summed E-state index contributed by atoms with van der Waals surface area (Å²) in [5, 5.41) is 8.55. The SMILES string of the molecule is O=C(CN1CCN(C(=O)C(=O)NC2CC2)CC1)NC(c1ccccc1)c1nccs1. The van der Waals surface area contributed by atoms with Crippen LogP contribution in [0, 0.1) is 0 Å². The van der Waals surface area contributed by atoms with Crippen LogP contribution in [0.25, 0.3) is 0 Å². The van der Waals surface area contributed by atoms with Crippen molar-refractivity contribution in [2.75, 3.05) is 32.7 Å². The molecular formula is C21H25N5O3S. The van der Waals surface area contributed by atoms with Gasteiger partial charge in [-0.05, 0) is 18.4 Å². The first-order chi connectivity index (χ1) is 14.6. The molecule has 0 radical (unpaired) electrons. The quantitative estimate of drug-likeness (QED) is 0.664. The van der Waals surface area contributed by atoms with Crippen LogP contribution in [0.1, 0.15) is 29.5 Å². The summed E-state index contributed by atoms with van der Waals surface area (Å²) in [4.78, 5) is 44.8. The van der Waals surface area contributed by atoms with Crippen LogP contribution in [0.4, 0.5) is 0 Å². The third-order valence-corrected chi connectivity index (χ3v) is 6.11. The highest BCUT2D eigenvalue weighted by Crippen LogP contribution is 2.23. The van der Waals surface area contributed by atoms with Crippen LogP contribution in [-0.4, -0.2) is 71.3 Å². The van der Waals surface area contributed by atoms with Gasteiger partial charge < -0.3 is 15.5 Å². The van der Waals surface area contributed by atoms with E-state index in [1.165, 1.54) is 11.3 Å². The minimum absolute atomic E-state index is 0.0923. The van der Waals surface area contributed by atoms with Crippen LogP contribution >= 0.6 is 11.3 Å². The molecular weight excluding hydrogens is 402 g/mol. The number of piperazine rings is 1. The molecule has 1 aliphatic heterocycles. The van der Waals surface area contributed by atoms with E-state index in [1.807, 2.05) is 40.6 Å². The summed E-state index contributed by atoms with van der Waals surface area (Å²) in [7, 11) is 0. The number of aromatic nitrogens is 1. The number of nitrogens with one attached hydrogen (secondary N) is 2. The van der Waals surface area contributed by atoms with Crippen molar-refractivity contribution >= 4 is 29.1 Å². The number of carbonyl (C=O) groups is 3. The topological polar surface area (TPSA) is 94.6 Å². The standard InChI is InChI=1S/C21H25N5O3S/c27-17(24-18(20-22-8-13-30-20)15-4-2-1-3-5-15)14-25-9-11-26(12-10-25)21(29)19(28)23-16-6-7-16/h1-5,8,13,16,18H,6-7,9-12,14H2,(H,23,28)(H,24,27). The Hall–Kier alpha value is -2.78. The van der Waals surface area contributed by atoms with Crippen LogP contribution < -0.4 is 10.6 Å². The van der Waals surface area contributed by atoms with Gasteiger partial charge in [0.25, 0.3) is 0 Å². The summed E-state index contributed by atoms with van der Waals surface area (Å²) in [5.41, 5.74) is 0.984. The van der Waals surface area contributed by atoms with Gasteiger partial charge in [0.2, 0.25) is 5.91 Å². The summed E-state index contributed by atoms with van der Waals surface area (Å²) in [6.07, 6.45) is 3.64. The van der Waals surface area contributed by atoms with Crippen molar-refractivity contribution in [1.82, 2.24) is 25.4 Å². The normalized spacial score (nSPS) is 17.9. The maximum atomic E-state index is 12.7. The van der Waals surface area contributed by atoms with Crippen molar-refractivity contribution in [2.45, 2.75) is 24.9 Å². The van der Waals surface area contributed by atoms with Gasteiger partial charge in [0, 0.05) is 43.8 Å². The number of amides is 3. The Labute approximate surface area is 179 Å². The molecule has 4 rings (SSSR count). The van der Waals surface area contributed by atoms with Crippen LogP contribution in [-0.2, 0) is 14.4 Å². The minimum atomic E-state index is -0.516. The molecule has 1 saturated carbocycles. The highest BCUT2D eigenvalue weighted by atomic mass is 32.1. The summed E-state index contributed by atoms with van der Waals surface area (Å²) in [5.74, 6) is -1.08. The summed E-state index contributed by atoms with van der Waals surface area (Å²) in [6, 6.07) is 9.66. The highest BCUT2D eigenvalue weighted by Gasteiger charge is 2.31. The molecule has 2 aromatic rings. The lowest BCUT2D eigenvalue weighted by atomic mass is 10.1. The fourth-order valence-corrected chi connectivity index (χ4v) is 4.16. The predicted octanol–water partition coefficient (Wildman–Crippen LogP) is 0.772. The number of thiazole rings is 1. The Bertz CT molecular complexity index is 877. The van der Waals surface area contributed by atoms with E-state index in [2.05, 4.69) is 15.6 Å². The first kappa shape index (κ1) is 20.5. The molecule has 1 aromatic heterocycles. The maximum Gasteiger partial charge on any atom is 0.311 e. The fraction of sp³-hybridized carbons (Fsp3) is 0.429. The molecule has 1 unspecified atom stereocenters. The molecule has 0 spiro atoms. The van der Waals surface area contributed by atoms with E-state index >= 15 is 0 Å². The molecule has 1 aromatic carbocycles. The minimum Gasteiger partial charge on any atom is -0.345 e. The summed E-state index contributed by atoms with van der Waals surface area (Å²) in [6.45, 7) is 2.24. The molecule has 1 saturated heterocycles. The molecule has 9 heteroatoms. The van der Waals surface area contributed by atoms with Crippen molar-refractivity contribution < 1.29 is 14.4 Å². The third-order valence-electron chi connectivity index (χ3n) is 5.27. The van der Waals surface area contributed by atoms with Gasteiger partial charge in [-0.3, -0.25) is 19.3 Å². The van der Waals surface area contributed by atoms with E-state index < -0.39 is 11.8 Å². The van der Waals surface area contributed by atoms with Gasteiger partial charge in [0.05, 0.1) is 6.54 Å². The van der Waals surface area contributed by atoms with Crippen molar-refractivity contribution in [1.29, 1.82) is 0 Å². The smallest absolute Gasteiger partial charge is 0.311 e. The number of hydrogen-bond acceptors (Lipinski definition) is 6. The average Bonchev–Trinajstić information content (AvgIpc) is 3.41. The molecule has 1 aliphatic carbocycles. The zero-order valence-corrected chi connectivity index (χ0v) is 17.4. The van der Waals surface area contributed by atoms with Crippen LogP contribution in [0.2, 0.25) is 0 Å². The van der Waals surface area contributed by atoms with Crippen LogP contribution in [0.5, 0.6) is 0 Å². The second-order valence-corrected chi connectivity index (χ2v) is 8.52. The monoisotopic (exact) mass is 427 g/mol. The molecule has 158 valence electrons. The molecule has 2 heterocycles. The molecule has 3 amide bonds. The second kappa shape index (κ2) is 9.36. The second-order valence-electron chi connectivity index (χ2n) is 7.60. The van der Waals surface area contributed by atoms with E-state index in [1.54, 1.807) is 11.1 Å². The number of hydrogen-bond donors (Lipinski definition) is 2. The molecule has 0 bridgehead atoms. The lowest BCUT2D eigenvalue weighted by Gasteiger charge is -2.34. The lowest BCUT2D eigenvalue weighted by Crippen LogP contribution is -2.54. The van der Waals surface area contributed by atoms with Gasteiger partial charge in [0.1, 0.15) is 11.0 Å². The fourth-order valence-electron chi connectivity index (χ4n) is 3.45. The van der Waals surface area contributed by atoms with Gasteiger partial charge in [0.15, 0.2) is 0 Å². The Morgan fingerprint density at radius 3 is 2.47 bits per heavy atom. The van der Waals surface area contributed by atoms with Crippen LogP contribution in [0.15, 0.2) is 41.9 Å². The van der Waals surface area contributed by atoms with Crippen molar-refractivity contribution in [2.24, 2.45) is 0 Å². The predicted molar refractivity (Wildman–Crippen MR) is 113 cm³/mol.